The largest absolute Gasteiger partial charge is 0.343 e. The molecule has 0 aliphatic carbocycles. The summed E-state index contributed by atoms with van der Waals surface area (Å²) >= 11 is 1.87. The second-order valence-electron chi connectivity index (χ2n) is 4.89. The predicted octanol–water partition coefficient (Wildman–Crippen LogP) is 0.246. The van der Waals surface area contributed by atoms with E-state index in [0.29, 0.717) is 0 Å². The molecule has 4 nitrogen and oxygen atoms in total. The lowest BCUT2D eigenvalue weighted by Crippen LogP contribution is -2.50. The molecule has 0 aromatic carbocycles. The van der Waals surface area contributed by atoms with Crippen molar-refractivity contribution in [2.45, 2.75) is 18.9 Å². The summed E-state index contributed by atoms with van der Waals surface area (Å²) in [6, 6.07) is 0.0392. The van der Waals surface area contributed by atoms with Crippen LogP contribution in [0, 0.1) is 0 Å². The van der Waals surface area contributed by atoms with E-state index in [1.54, 1.807) is 0 Å². The molecule has 2 fully saturated rings. The van der Waals surface area contributed by atoms with Crippen molar-refractivity contribution in [3.05, 3.63) is 0 Å². The van der Waals surface area contributed by atoms with Gasteiger partial charge in [0.25, 0.3) is 0 Å². The van der Waals surface area contributed by atoms with Crippen molar-refractivity contribution in [2.24, 2.45) is 0 Å². The van der Waals surface area contributed by atoms with Crippen LogP contribution in [0.25, 0.3) is 0 Å². The number of thioether (sulfide) groups is 1. The van der Waals surface area contributed by atoms with Crippen LogP contribution in [0.2, 0.25) is 0 Å². The third kappa shape index (κ3) is 3.86. The summed E-state index contributed by atoms with van der Waals surface area (Å²) in [7, 11) is 1.93. The summed E-state index contributed by atoms with van der Waals surface area (Å²) in [5.41, 5.74) is 0. The van der Waals surface area contributed by atoms with Crippen molar-refractivity contribution in [1.82, 2.24) is 15.1 Å². The number of amides is 1. The van der Waals surface area contributed by atoms with Crippen molar-refractivity contribution in [3.63, 3.8) is 0 Å². The van der Waals surface area contributed by atoms with Gasteiger partial charge in [0.05, 0.1) is 6.04 Å². The first-order chi connectivity index (χ1) is 8.27. The molecule has 2 aliphatic heterocycles. The van der Waals surface area contributed by atoms with Gasteiger partial charge in [-0.3, -0.25) is 4.79 Å². The summed E-state index contributed by atoms with van der Waals surface area (Å²) in [6.07, 6.45) is 2.64. The van der Waals surface area contributed by atoms with E-state index in [4.69, 9.17) is 0 Å². The zero-order valence-electron chi connectivity index (χ0n) is 10.7. The SMILES string of the molecule is CN(CCN1CCCC1)C(=O)C1CSCCN1. The summed E-state index contributed by atoms with van der Waals surface area (Å²) in [5, 5.41) is 3.30. The normalized spacial score (nSPS) is 26.1. The molecule has 2 saturated heterocycles. The number of carbonyl (C=O) groups excluding carboxylic acids is 1. The highest BCUT2D eigenvalue weighted by atomic mass is 32.2. The van der Waals surface area contributed by atoms with Gasteiger partial charge in [-0.25, -0.2) is 0 Å². The Morgan fingerprint density at radius 3 is 2.88 bits per heavy atom. The van der Waals surface area contributed by atoms with E-state index in [1.165, 1.54) is 25.9 Å². The maximum atomic E-state index is 12.1. The molecule has 1 atom stereocenters. The van der Waals surface area contributed by atoms with Gasteiger partial charge in [0.2, 0.25) is 5.91 Å². The molecule has 1 amide bonds. The fourth-order valence-corrected chi connectivity index (χ4v) is 3.32. The number of nitrogens with one attached hydrogen (secondary N) is 1. The highest BCUT2D eigenvalue weighted by Crippen LogP contribution is 2.10. The Morgan fingerprint density at radius 2 is 2.24 bits per heavy atom. The molecule has 5 heteroatoms. The van der Waals surface area contributed by atoms with Crippen molar-refractivity contribution >= 4 is 17.7 Å². The molecule has 0 spiro atoms. The fourth-order valence-electron chi connectivity index (χ4n) is 2.40. The van der Waals surface area contributed by atoms with Gasteiger partial charge in [-0.15, -0.1) is 0 Å². The first-order valence-electron chi connectivity index (χ1n) is 6.56. The average Bonchev–Trinajstić information content (AvgIpc) is 2.89. The molecule has 0 saturated carbocycles. The van der Waals surface area contributed by atoms with Crippen molar-refractivity contribution in [2.75, 3.05) is 51.3 Å². The van der Waals surface area contributed by atoms with Crippen LogP contribution >= 0.6 is 11.8 Å². The number of hydrogen-bond donors (Lipinski definition) is 1. The first-order valence-corrected chi connectivity index (χ1v) is 7.71. The lowest BCUT2D eigenvalue weighted by molar-refractivity contribution is -0.131. The van der Waals surface area contributed by atoms with Crippen LogP contribution in [-0.2, 0) is 4.79 Å². The van der Waals surface area contributed by atoms with Gasteiger partial charge in [0, 0.05) is 38.2 Å². The number of likely N-dealkylation sites (N-methyl/N-ethyl adjacent to an activating group) is 1. The number of hydrogen-bond acceptors (Lipinski definition) is 4. The maximum Gasteiger partial charge on any atom is 0.240 e. The van der Waals surface area contributed by atoms with Crippen LogP contribution in [-0.4, -0.2) is 73.0 Å². The molecule has 98 valence electrons. The first kappa shape index (κ1) is 13.2. The molecule has 0 aromatic heterocycles. The molecular weight excluding hydrogens is 234 g/mol. The molecule has 2 aliphatic rings. The Labute approximate surface area is 108 Å². The van der Waals surface area contributed by atoms with Crippen LogP contribution in [0.5, 0.6) is 0 Å². The second-order valence-corrected chi connectivity index (χ2v) is 6.04. The summed E-state index contributed by atoms with van der Waals surface area (Å²) in [6.45, 7) is 5.27. The second kappa shape index (κ2) is 6.61. The topological polar surface area (TPSA) is 35.6 Å². The molecule has 0 aromatic rings. The van der Waals surface area contributed by atoms with Gasteiger partial charge in [-0.05, 0) is 25.9 Å². The zero-order valence-corrected chi connectivity index (χ0v) is 11.5. The minimum absolute atomic E-state index is 0.0392. The summed E-state index contributed by atoms with van der Waals surface area (Å²) in [5.74, 6) is 2.31. The van der Waals surface area contributed by atoms with Crippen LogP contribution in [0.15, 0.2) is 0 Å². The Hall–Kier alpha value is -0.260. The van der Waals surface area contributed by atoms with Gasteiger partial charge in [0.15, 0.2) is 0 Å². The van der Waals surface area contributed by atoms with Gasteiger partial charge >= 0.3 is 0 Å². The summed E-state index contributed by atoms with van der Waals surface area (Å²) < 4.78 is 0. The highest BCUT2D eigenvalue weighted by Gasteiger charge is 2.24. The van der Waals surface area contributed by atoms with E-state index in [0.717, 1.165) is 31.1 Å². The van der Waals surface area contributed by atoms with E-state index in [2.05, 4.69) is 10.2 Å². The fraction of sp³-hybridized carbons (Fsp3) is 0.917. The van der Waals surface area contributed by atoms with Gasteiger partial charge in [-0.1, -0.05) is 0 Å². The number of likely N-dealkylation sites (tertiary alicyclic amines) is 1. The molecule has 0 bridgehead atoms. The minimum atomic E-state index is 0.0392. The van der Waals surface area contributed by atoms with E-state index < -0.39 is 0 Å². The molecule has 17 heavy (non-hydrogen) atoms. The number of nitrogens with zero attached hydrogens (tertiary/aromatic N) is 2. The standard InChI is InChI=1S/C12H23N3OS/c1-14(7-8-15-5-2-3-6-15)12(16)11-10-17-9-4-13-11/h11,13H,2-10H2,1H3. The van der Waals surface area contributed by atoms with E-state index in [9.17, 15) is 4.79 Å². The average molecular weight is 257 g/mol. The van der Waals surface area contributed by atoms with Gasteiger partial charge < -0.3 is 15.1 Å². The van der Waals surface area contributed by atoms with Gasteiger partial charge in [0.1, 0.15) is 0 Å². The van der Waals surface area contributed by atoms with Crippen LogP contribution < -0.4 is 5.32 Å². The minimum Gasteiger partial charge on any atom is -0.343 e. The Balaban J connectivity index is 1.70. The van der Waals surface area contributed by atoms with Crippen molar-refractivity contribution in [3.8, 4) is 0 Å². The van der Waals surface area contributed by atoms with Crippen molar-refractivity contribution in [1.29, 1.82) is 0 Å². The lowest BCUT2D eigenvalue weighted by atomic mass is 10.3. The van der Waals surface area contributed by atoms with Crippen LogP contribution in [0.1, 0.15) is 12.8 Å². The lowest BCUT2D eigenvalue weighted by Gasteiger charge is -2.28. The third-order valence-electron chi connectivity index (χ3n) is 3.55. The van der Waals surface area contributed by atoms with E-state index in [1.807, 2.05) is 23.7 Å². The molecule has 0 radical (unpaired) electrons. The Morgan fingerprint density at radius 1 is 1.47 bits per heavy atom. The van der Waals surface area contributed by atoms with Crippen molar-refractivity contribution < 1.29 is 4.79 Å². The van der Waals surface area contributed by atoms with Gasteiger partial charge in [-0.2, -0.15) is 11.8 Å². The third-order valence-corrected chi connectivity index (χ3v) is 4.61. The molecule has 1 unspecified atom stereocenters. The highest BCUT2D eigenvalue weighted by molar-refractivity contribution is 7.99. The van der Waals surface area contributed by atoms with Crippen LogP contribution in [0.3, 0.4) is 0 Å². The van der Waals surface area contributed by atoms with Crippen LogP contribution in [0.4, 0.5) is 0 Å². The molecule has 2 rings (SSSR count). The van der Waals surface area contributed by atoms with E-state index in [-0.39, 0.29) is 11.9 Å². The van der Waals surface area contributed by atoms with E-state index >= 15 is 0 Å². The molecule has 2 heterocycles. The monoisotopic (exact) mass is 257 g/mol. The number of carbonyl (C=O) groups is 1. The Kier molecular flexibility index (Phi) is 5.13. The maximum absolute atomic E-state index is 12.1. The predicted molar refractivity (Wildman–Crippen MR) is 72.4 cm³/mol. The quantitative estimate of drug-likeness (QED) is 0.783. The smallest absolute Gasteiger partial charge is 0.240 e. The summed E-state index contributed by atoms with van der Waals surface area (Å²) in [4.78, 5) is 16.5. The molecule has 1 N–H and O–H groups in total. The Bertz CT molecular complexity index is 250. The zero-order chi connectivity index (χ0) is 12.1. The number of rotatable bonds is 4. The molecular formula is C12H23N3OS.